The van der Waals surface area contributed by atoms with E-state index >= 15 is 0 Å². The Labute approximate surface area is 121 Å². The van der Waals surface area contributed by atoms with Gasteiger partial charge in [-0.15, -0.1) is 0 Å². The quantitative estimate of drug-likeness (QED) is 0.870. The number of aryl methyl sites for hydroxylation is 1. The van der Waals surface area contributed by atoms with E-state index in [-0.39, 0.29) is 11.7 Å². The number of rotatable bonds is 6. The van der Waals surface area contributed by atoms with Gasteiger partial charge in [-0.25, -0.2) is 4.39 Å². The van der Waals surface area contributed by atoms with Crippen LogP contribution in [0.15, 0.2) is 22.7 Å². The van der Waals surface area contributed by atoms with E-state index in [1.807, 2.05) is 0 Å². The molecule has 0 radical (unpaired) electrons. The Balaban J connectivity index is 2.47. The van der Waals surface area contributed by atoms with E-state index in [0.29, 0.717) is 25.8 Å². The summed E-state index contributed by atoms with van der Waals surface area (Å²) in [5.74, 6) is -0.301. The number of aliphatic hydroxyl groups is 1. The summed E-state index contributed by atoms with van der Waals surface area (Å²) in [4.78, 5) is 13.5. The summed E-state index contributed by atoms with van der Waals surface area (Å²) >= 11 is 3.34. The maximum absolute atomic E-state index is 13.1. The van der Waals surface area contributed by atoms with E-state index in [0.717, 1.165) is 10.0 Å². The third-order valence-corrected chi connectivity index (χ3v) is 3.70. The van der Waals surface area contributed by atoms with Crippen LogP contribution >= 0.6 is 15.9 Å². The van der Waals surface area contributed by atoms with Crippen LogP contribution in [0.3, 0.4) is 0 Å². The minimum atomic E-state index is -0.410. The minimum Gasteiger partial charge on any atom is -0.393 e. The van der Waals surface area contributed by atoms with Crippen LogP contribution < -0.4 is 0 Å². The standard InChI is InChI=1S/C14H19BrFNO2/c1-10(18)7-8-17(2)14(19)6-3-11-9-12(16)4-5-13(11)15/h4-5,9-10,18H,3,6-8H2,1-2H3/t10-/m0/s1. The second kappa shape index (κ2) is 7.60. The van der Waals surface area contributed by atoms with E-state index in [4.69, 9.17) is 0 Å². The molecular weight excluding hydrogens is 313 g/mol. The van der Waals surface area contributed by atoms with Gasteiger partial charge in [0.15, 0.2) is 0 Å². The molecule has 0 saturated heterocycles. The number of hydrogen-bond donors (Lipinski definition) is 1. The van der Waals surface area contributed by atoms with Gasteiger partial charge in [0.05, 0.1) is 6.10 Å². The third-order valence-electron chi connectivity index (χ3n) is 2.92. The Morgan fingerprint density at radius 1 is 1.53 bits per heavy atom. The van der Waals surface area contributed by atoms with Crippen LogP contribution in [0.4, 0.5) is 4.39 Å². The summed E-state index contributed by atoms with van der Waals surface area (Å²) < 4.78 is 13.9. The molecule has 1 aromatic carbocycles. The average molecular weight is 332 g/mol. The Morgan fingerprint density at radius 3 is 2.84 bits per heavy atom. The molecule has 1 rings (SSSR count). The molecule has 0 unspecified atom stereocenters. The first-order valence-corrected chi connectivity index (χ1v) is 7.05. The Kier molecular flexibility index (Phi) is 6.45. The Morgan fingerprint density at radius 2 is 2.21 bits per heavy atom. The summed E-state index contributed by atoms with van der Waals surface area (Å²) in [6.07, 6.45) is 0.980. The molecule has 19 heavy (non-hydrogen) atoms. The second-order valence-corrected chi connectivity index (χ2v) is 5.54. The number of carbonyl (C=O) groups excluding carboxylic acids is 1. The second-order valence-electron chi connectivity index (χ2n) is 4.69. The molecule has 0 spiro atoms. The first-order chi connectivity index (χ1) is 8.90. The summed E-state index contributed by atoms with van der Waals surface area (Å²) in [7, 11) is 1.71. The van der Waals surface area contributed by atoms with E-state index in [2.05, 4.69) is 15.9 Å². The monoisotopic (exact) mass is 331 g/mol. The van der Waals surface area contributed by atoms with E-state index in [9.17, 15) is 14.3 Å². The minimum absolute atomic E-state index is 0.00295. The van der Waals surface area contributed by atoms with Crippen molar-refractivity contribution < 1.29 is 14.3 Å². The topological polar surface area (TPSA) is 40.5 Å². The number of hydrogen-bond acceptors (Lipinski definition) is 2. The predicted molar refractivity (Wildman–Crippen MR) is 76.4 cm³/mol. The molecule has 0 aliphatic heterocycles. The number of benzene rings is 1. The highest BCUT2D eigenvalue weighted by molar-refractivity contribution is 9.10. The van der Waals surface area contributed by atoms with E-state index < -0.39 is 6.10 Å². The first-order valence-electron chi connectivity index (χ1n) is 6.26. The molecule has 0 bridgehead atoms. The fourth-order valence-electron chi connectivity index (χ4n) is 1.67. The number of aliphatic hydroxyl groups excluding tert-OH is 1. The summed E-state index contributed by atoms with van der Waals surface area (Å²) in [5.41, 5.74) is 0.789. The van der Waals surface area contributed by atoms with Crippen LogP contribution in [-0.4, -0.2) is 35.6 Å². The van der Waals surface area contributed by atoms with Gasteiger partial charge < -0.3 is 10.0 Å². The molecule has 1 atom stereocenters. The zero-order valence-corrected chi connectivity index (χ0v) is 12.8. The molecule has 0 aliphatic carbocycles. The van der Waals surface area contributed by atoms with Crippen molar-refractivity contribution in [1.29, 1.82) is 0 Å². The molecule has 0 aromatic heterocycles. The fourth-order valence-corrected chi connectivity index (χ4v) is 2.12. The molecule has 0 heterocycles. The van der Waals surface area contributed by atoms with E-state index in [1.165, 1.54) is 12.1 Å². The summed E-state index contributed by atoms with van der Waals surface area (Å²) in [6, 6.07) is 4.46. The molecule has 0 aliphatic rings. The molecule has 0 saturated carbocycles. The lowest BCUT2D eigenvalue weighted by atomic mass is 10.1. The summed E-state index contributed by atoms with van der Waals surface area (Å²) in [5, 5.41) is 9.17. The number of halogens is 2. The number of amides is 1. The molecule has 0 fully saturated rings. The van der Waals surface area contributed by atoms with Gasteiger partial charge in [-0.05, 0) is 43.5 Å². The van der Waals surface area contributed by atoms with Crippen LogP contribution in [-0.2, 0) is 11.2 Å². The van der Waals surface area contributed by atoms with Crippen molar-refractivity contribution in [2.24, 2.45) is 0 Å². The maximum Gasteiger partial charge on any atom is 0.222 e. The molecule has 1 aromatic rings. The van der Waals surface area contributed by atoms with Crippen molar-refractivity contribution in [3.8, 4) is 0 Å². The molecule has 1 amide bonds. The molecule has 5 heteroatoms. The van der Waals surface area contributed by atoms with Gasteiger partial charge in [-0.2, -0.15) is 0 Å². The van der Waals surface area contributed by atoms with Crippen LogP contribution in [0.2, 0.25) is 0 Å². The van der Waals surface area contributed by atoms with Crippen molar-refractivity contribution in [1.82, 2.24) is 4.90 Å². The van der Waals surface area contributed by atoms with Gasteiger partial charge in [0.2, 0.25) is 5.91 Å². The smallest absolute Gasteiger partial charge is 0.222 e. The van der Waals surface area contributed by atoms with Crippen LogP contribution in [0.5, 0.6) is 0 Å². The van der Waals surface area contributed by atoms with Crippen molar-refractivity contribution in [2.45, 2.75) is 32.3 Å². The Bertz CT molecular complexity index is 437. The zero-order valence-electron chi connectivity index (χ0n) is 11.2. The van der Waals surface area contributed by atoms with Crippen LogP contribution in [0.25, 0.3) is 0 Å². The van der Waals surface area contributed by atoms with Crippen molar-refractivity contribution in [3.05, 3.63) is 34.1 Å². The van der Waals surface area contributed by atoms with Crippen LogP contribution in [0, 0.1) is 5.82 Å². The van der Waals surface area contributed by atoms with Crippen molar-refractivity contribution in [2.75, 3.05) is 13.6 Å². The highest BCUT2D eigenvalue weighted by Gasteiger charge is 2.11. The van der Waals surface area contributed by atoms with Gasteiger partial charge in [-0.3, -0.25) is 4.79 Å². The average Bonchev–Trinajstić information content (AvgIpc) is 2.36. The predicted octanol–water partition coefficient (Wildman–Crippen LogP) is 2.75. The van der Waals surface area contributed by atoms with Gasteiger partial charge in [0, 0.05) is 24.5 Å². The van der Waals surface area contributed by atoms with E-state index in [1.54, 1.807) is 24.9 Å². The lowest BCUT2D eigenvalue weighted by Gasteiger charge is -2.18. The SMILES string of the molecule is C[C@H](O)CCN(C)C(=O)CCc1cc(F)ccc1Br. The number of nitrogens with zero attached hydrogens (tertiary/aromatic N) is 1. The van der Waals surface area contributed by atoms with Gasteiger partial charge in [0.1, 0.15) is 5.82 Å². The third kappa shape index (κ3) is 5.70. The summed E-state index contributed by atoms with van der Waals surface area (Å²) in [6.45, 7) is 2.23. The molecular formula is C14H19BrFNO2. The first kappa shape index (κ1) is 16.1. The molecule has 3 nitrogen and oxygen atoms in total. The Hall–Kier alpha value is -0.940. The van der Waals surface area contributed by atoms with Gasteiger partial charge in [-0.1, -0.05) is 15.9 Å². The lowest BCUT2D eigenvalue weighted by molar-refractivity contribution is -0.130. The fraction of sp³-hybridized carbons (Fsp3) is 0.500. The van der Waals surface area contributed by atoms with Crippen molar-refractivity contribution >= 4 is 21.8 Å². The highest BCUT2D eigenvalue weighted by atomic mass is 79.9. The molecule has 106 valence electrons. The maximum atomic E-state index is 13.1. The normalized spacial score (nSPS) is 12.3. The lowest BCUT2D eigenvalue weighted by Crippen LogP contribution is -2.29. The van der Waals surface area contributed by atoms with Crippen molar-refractivity contribution in [3.63, 3.8) is 0 Å². The van der Waals surface area contributed by atoms with Gasteiger partial charge >= 0.3 is 0 Å². The number of carbonyl (C=O) groups is 1. The van der Waals surface area contributed by atoms with Gasteiger partial charge in [0.25, 0.3) is 0 Å². The zero-order chi connectivity index (χ0) is 14.4. The highest BCUT2D eigenvalue weighted by Crippen LogP contribution is 2.19. The molecule has 1 N–H and O–H groups in total. The van der Waals surface area contributed by atoms with Crippen LogP contribution in [0.1, 0.15) is 25.3 Å². The largest absolute Gasteiger partial charge is 0.393 e.